The van der Waals surface area contributed by atoms with E-state index in [-0.39, 0.29) is 11.9 Å². The Morgan fingerprint density at radius 1 is 1.65 bits per heavy atom. The fourth-order valence-electron chi connectivity index (χ4n) is 2.30. The Balaban J connectivity index is 1.91. The van der Waals surface area contributed by atoms with Gasteiger partial charge in [-0.15, -0.1) is 0 Å². The molecule has 2 atom stereocenters. The number of likely N-dealkylation sites (tertiary alicyclic amines) is 1. The van der Waals surface area contributed by atoms with Gasteiger partial charge in [-0.1, -0.05) is 0 Å². The number of amides is 1. The van der Waals surface area contributed by atoms with Crippen LogP contribution in [0.2, 0.25) is 0 Å². The van der Waals surface area contributed by atoms with Crippen LogP contribution in [0, 0.1) is 5.92 Å². The number of rotatable bonds is 3. The molecule has 1 aliphatic heterocycles. The molecule has 1 aromatic rings. The highest BCUT2D eigenvalue weighted by molar-refractivity contribution is 5.76. The van der Waals surface area contributed by atoms with Crippen molar-refractivity contribution in [1.29, 1.82) is 0 Å². The third-order valence-corrected chi connectivity index (χ3v) is 3.41. The number of hydrogen-bond acceptors (Lipinski definition) is 3. The first-order valence-corrected chi connectivity index (χ1v) is 6.17. The number of piperidine rings is 1. The van der Waals surface area contributed by atoms with Gasteiger partial charge in [-0.3, -0.25) is 9.48 Å². The molecule has 1 saturated heterocycles. The smallest absolute Gasteiger partial charge is 0.244 e. The summed E-state index contributed by atoms with van der Waals surface area (Å²) in [4.78, 5) is 14.0. The summed E-state index contributed by atoms with van der Waals surface area (Å²) in [5.41, 5.74) is 5.91. The molecule has 0 aromatic carbocycles. The molecule has 0 spiro atoms. The molecule has 1 aliphatic rings. The second-order valence-corrected chi connectivity index (χ2v) is 4.80. The largest absolute Gasteiger partial charge is 0.341 e. The molecule has 0 bridgehead atoms. The molecule has 5 heteroatoms. The maximum absolute atomic E-state index is 12.1. The minimum Gasteiger partial charge on any atom is -0.341 e. The number of carbonyl (C=O) groups is 1. The monoisotopic (exact) mass is 236 g/mol. The number of carbonyl (C=O) groups excluding carboxylic acids is 1. The summed E-state index contributed by atoms with van der Waals surface area (Å²) in [6.45, 7) is 3.99. The molecule has 2 rings (SSSR count). The van der Waals surface area contributed by atoms with E-state index in [0.29, 0.717) is 12.5 Å². The van der Waals surface area contributed by atoms with Crippen LogP contribution in [-0.2, 0) is 11.3 Å². The summed E-state index contributed by atoms with van der Waals surface area (Å²) in [5.74, 6) is 0.573. The van der Waals surface area contributed by atoms with E-state index in [1.165, 1.54) is 0 Å². The number of nitrogens with two attached hydrogens (primary N) is 1. The molecule has 0 aliphatic carbocycles. The lowest BCUT2D eigenvalue weighted by atomic mass is 9.92. The van der Waals surface area contributed by atoms with E-state index >= 15 is 0 Å². The van der Waals surface area contributed by atoms with Gasteiger partial charge < -0.3 is 10.6 Å². The first-order chi connectivity index (χ1) is 8.16. The van der Waals surface area contributed by atoms with Gasteiger partial charge in [0.25, 0.3) is 0 Å². The zero-order chi connectivity index (χ0) is 12.3. The molecule has 1 amide bonds. The van der Waals surface area contributed by atoms with Gasteiger partial charge in [0.1, 0.15) is 6.54 Å². The van der Waals surface area contributed by atoms with Gasteiger partial charge in [0.05, 0.1) is 0 Å². The SMILES string of the molecule is C[C@@H](N)[C@H]1CCCN(C(=O)Cn2cccn2)C1. The van der Waals surface area contributed by atoms with Crippen molar-refractivity contribution in [2.24, 2.45) is 11.7 Å². The highest BCUT2D eigenvalue weighted by Gasteiger charge is 2.25. The number of aromatic nitrogens is 2. The van der Waals surface area contributed by atoms with Crippen LogP contribution in [0.3, 0.4) is 0 Å². The lowest BCUT2D eigenvalue weighted by molar-refractivity contribution is -0.134. The van der Waals surface area contributed by atoms with Gasteiger partial charge in [0.2, 0.25) is 5.91 Å². The Kier molecular flexibility index (Phi) is 3.78. The minimum atomic E-state index is 0.138. The Morgan fingerprint density at radius 3 is 3.12 bits per heavy atom. The van der Waals surface area contributed by atoms with Crippen LogP contribution in [0.25, 0.3) is 0 Å². The molecule has 94 valence electrons. The van der Waals surface area contributed by atoms with Crippen molar-refractivity contribution in [1.82, 2.24) is 14.7 Å². The lowest BCUT2D eigenvalue weighted by Crippen LogP contribution is -2.46. The van der Waals surface area contributed by atoms with Crippen molar-refractivity contribution in [3.05, 3.63) is 18.5 Å². The third kappa shape index (κ3) is 3.06. The molecule has 0 unspecified atom stereocenters. The van der Waals surface area contributed by atoms with Gasteiger partial charge >= 0.3 is 0 Å². The van der Waals surface area contributed by atoms with Gasteiger partial charge in [-0.05, 0) is 31.7 Å². The van der Waals surface area contributed by atoms with Crippen molar-refractivity contribution in [2.75, 3.05) is 13.1 Å². The van der Waals surface area contributed by atoms with Crippen LogP contribution in [0.5, 0.6) is 0 Å². The summed E-state index contributed by atoms with van der Waals surface area (Å²) in [6.07, 6.45) is 5.68. The molecular formula is C12H20N4O. The minimum absolute atomic E-state index is 0.138. The van der Waals surface area contributed by atoms with Crippen LogP contribution in [0.15, 0.2) is 18.5 Å². The summed E-state index contributed by atoms with van der Waals surface area (Å²) >= 11 is 0. The second kappa shape index (κ2) is 5.31. The predicted molar refractivity (Wildman–Crippen MR) is 65.2 cm³/mol. The zero-order valence-corrected chi connectivity index (χ0v) is 10.2. The van der Waals surface area contributed by atoms with Gasteiger partial charge in [-0.25, -0.2) is 0 Å². The summed E-state index contributed by atoms with van der Waals surface area (Å²) in [7, 11) is 0. The van der Waals surface area contributed by atoms with E-state index in [2.05, 4.69) is 5.10 Å². The van der Waals surface area contributed by atoms with E-state index in [0.717, 1.165) is 25.9 Å². The molecular weight excluding hydrogens is 216 g/mol. The molecule has 1 aromatic heterocycles. The van der Waals surface area contributed by atoms with Crippen molar-refractivity contribution in [2.45, 2.75) is 32.4 Å². The average Bonchev–Trinajstić information content (AvgIpc) is 2.82. The number of hydrogen-bond donors (Lipinski definition) is 1. The maximum Gasteiger partial charge on any atom is 0.244 e. The summed E-state index contributed by atoms with van der Waals surface area (Å²) in [5, 5.41) is 4.05. The summed E-state index contributed by atoms with van der Waals surface area (Å²) < 4.78 is 1.66. The Hall–Kier alpha value is -1.36. The first-order valence-electron chi connectivity index (χ1n) is 6.17. The number of nitrogens with zero attached hydrogens (tertiary/aromatic N) is 3. The normalized spacial score (nSPS) is 22.5. The van der Waals surface area contributed by atoms with Crippen LogP contribution >= 0.6 is 0 Å². The molecule has 2 N–H and O–H groups in total. The topological polar surface area (TPSA) is 64.2 Å². The van der Waals surface area contributed by atoms with Crippen molar-refractivity contribution >= 4 is 5.91 Å². The van der Waals surface area contributed by atoms with Crippen molar-refractivity contribution in [3.63, 3.8) is 0 Å². The van der Waals surface area contributed by atoms with E-state index in [9.17, 15) is 4.79 Å². The molecule has 2 heterocycles. The fourth-order valence-corrected chi connectivity index (χ4v) is 2.30. The predicted octanol–water partition coefficient (Wildman–Crippen LogP) is 0.469. The third-order valence-electron chi connectivity index (χ3n) is 3.41. The van der Waals surface area contributed by atoms with Crippen LogP contribution < -0.4 is 5.73 Å². The molecule has 17 heavy (non-hydrogen) atoms. The highest BCUT2D eigenvalue weighted by Crippen LogP contribution is 2.18. The lowest BCUT2D eigenvalue weighted by Gasteiger charge is -2.34. The van der Waals surface area contributed by atoms with Gasteiger partial charge in [-0.2, -0.15) is 5.10 Å². The maximum atomic E-state index is 12.1. The van der Waals surface area contributed by atoms with E-state index in [1.807, 2.05) is 24.1 Å². The summed E-state index contributed by atoms with van der Waals surface area (Å²) in [6, 6.07) is 1.99. The Labute approximate surface area is 102 Å². The molecule has 0 radical (unpaired) electrons. The van der Waals surface area contributed by atoms with Crippen molar-refractivity contribution in [3.8, 4) is 0 Å². The highest BCUT2D eigenvalue weighted by atomic mass is 16.2. The fraction of sp³-hybridized carbons (Fsp3) is 0.667. The second-order valence-electron chi connectivity index (χ2n) is 4.80. The quantitative estimate of drug-likeness (QED) is 0.829. The Morgan fingerprint density at radius 2 is 2.47 bits per heavy atom. The van der Waals surface area contributed by atoms with Gasteiger partial charge in [0.15, 0.2) is 0 Å². The van der Waals surface area contributed by atoms with Crippen LogP contribution in [0.4, 0.5) is 0 Å². The van der Waals surface area contributed by atoms with Crippen LogP contribution in [0.1, 0.15) is 19.8 Å². The standard InChI is InChI=1S/C12H20N4O/c1-10(13)11-4-2-6-15(8-11)12(17)9-16-7-3-5-14-16/h3,5,7,10-11H,2,4,6,8-9,13H2,1H3/t10-,11+/m1/s1. The Bertz CT molecular complexity index is 361. The van der Waals surface area contributed by atoms with Gasteiger partial charge in [0, 0.05) is 31.5 Å². The first kappa shape index (κ1) is 12.1. The average molecular weight is 236 g/mol. The molecule has 0 saturated carbocycles. The van der Waals surface area contributed by atoms with E-state index in [4.69, 9.17) is 5.73 Å². The zero-order valence-electron chi connectivity index (χ0n) is 10.2. The molecule has 1 fully saturated rings. The molecule has 5 nitrogen and oxygen atoms in total. The van der Waals surface area contributed by atoms with Crippen molar-refractivity contribution < 1.29 is 4.79 Å². The van der Waals surface area contributed by atoms with Crippen LogP contribution in [-0.4, -0.2) is 39.7 Å². The van der Waals surface area contributed by atoms with E-state index in [1.54, 1.807) is 10.9 Å². The van der Waals surface area contributed by atoms with E-state index < -0.39 is 0 Å².